The predicted molar refractivity (Wildman–Crippen MR) is 79.0 cm³/mol. The van der Waals surface area contributed by atoms with Gasteiger partial charge in [-0.1, -0.05) is 12.1 Å². The molecule has 0 saturated carbocycles. The third-order valence-electron chi connectivity index (χ3n) is 3.39. The maximum absolute atomic E-state index is 12.9. The van der Waals surface area contributed by atoms with Crippen LogP contribution in [0.1, 0.15) is 27.0 Å². The normalized spacial score (nSPS) is 12.6. The van der Waals surface area contributed by atoms with Gasteiger partial charge >= 0.3 is 18.5 Å². The van der Waals surface area contributed by atoms with Crippen LogP contribution in [0.3, 0.4) is 0 Å². The molecule has 152 valence electrons. The fourth-order valence-electron chi connectivity index (χ4n) is 2.12. The van der Waals surface area contributed by atoms with Crippen LogP contribution >= 0.6 is 0 Å². The first-order chi connectivity index (χ1) is 12.7. The second kappa shape index (κ2) is 7.24. The van der Waals surface area contributed by atoms with Crippen molar-refractivity contribution < 1.29 is 44.3 Å². The molecule has 0 heterocycles. The lowest BCUT2D eigenvalue weighted by molar-refractivity contribution is -0.143. The number of carbonyl (C=O) groups is 1. The molecule has 28 heavy (non-hydrogen) atoms. The molecular formula is C16H9F9N2O. The summed E-state index contributed by atoms with van der Waals surface area (Å²) in [7, 11) is 0. The highest BCUT2D eigenvalue weighted by molar-refractivity contribution is 5.95. The van der Waals surface area contributed by atoms with E-state index >= 15 is 0 Å². The van der Waals surface area contributed by atoms with E-state index in [1.165, 1.54) is 6.07 Å². The zero-order valence-corrected chi connectivity index (χ0v) is 13.4. The van der Waals surface area contributed by atoms with Crippen LogP contribution in [0, 0.1) is 0 Å². The van der Waals surface area contributed by atoms with E-state index in [1.54, 1.807) is 5.43 Å². The lowest BCUT2D eigenvalue weighted by Crippen LogP contribution is -2.31. The number of para-hydroxylation sites is 1. The van der Waals surface area contributed by atoms with Crippen molar-refractivity contribution in [3.05, 3.63) is 64.7 Å². The zero-order chi connectivity index (χ0) is 21.3. The highest BCUT2D eigenvalue weighted by Crippen LogP contribution is 2.37. The Bertz CT molecular complexity index is 837. The molecule has 0 atom stereocenters. The Morgan fingerprint density at radius 1 is 0.714 bits per heavy atom. The Morgan fingerprint density at radius 2 is 1.21 bits per heavy atom. The number of hydrogen-bond donors (Lipinski definition) is 2. The van der Waals surface area contributed by atoms with E-state index in [1.807, 2.05) is 5.43 Å². The molecule has 2 aromatic carbocycles. The molecule has 2 N–H and O–H groups in total. The molecule has 0 fully saturated rings. The Kier molecular flexibility index (Phi) is 5.53. The van der Waals surface area contributed by atoms with Gasteiger partial charge in [-0.2, -0.15) is 39.5 Å². The van der Waals surface area contributed by atoms with Crippen molar-refractivity contribution >= 4 is 11.6 Å². The van der Waals surface area contributed by atoms with Gasteiger partial charge in [0.15, 0.2) is 0 Å². The maximum Gasteiger partial charge on any atom is 0.418 e. The van der Waals surface area contributed by atoms with E-state index in [-0.39, 0.29) is 18.2 Å². The number of hydrogen-bond acceptors (Lipinski definition) is 2. The number of hydrazine groups is 1. The number of halogens is 9. The van der Waals surface area contributed by atoms with E-state index in [0.717, 1.165) is 12.1 Å². The van der Waals surface area contributed by atoms with Gasteiger partial charge in [0.1, 0.15) is 0 Å². The van der Waals surface area contributed by atoms with Crippen molar-refractivity contribution in [3.63, 3.8) is 0 Å². The van der Waals surface area contributed by atoms with E-state index in [4.69, 9.17) is 0 Å². The number of rotatable bonds is 3. The number of nitrogens with one attached hydrogen (secondary N) is 2. The summed E-state index contributed by atoms with van der Waals surface area (Å²) in [5, 5.41) is 0. The summed E-state index contributed by atoms with van der Waals surface area (Å²) in [5.41, 5.74) is -2.84. The van der Waals surface area contributed by atoms with Crippen molar-refractivity contribution in [2.45, 2.75) is 18.5 Å². The average Bonchev–Trinajstić information content (AvgIpc) is 2.57. The predicted octanol–water partition coefficient (Wildman–Crippen LogP) is 5.50. The van der Waals surface area contributed by atoms with Crippen molar-refractivity contribution in [3.8, 4) is 0 Å². The largest absolute Gasteiger partial charge is 0.418 e. The van der Waals surface area contributed by atoms with Crippen molar-refractivity contribution in [1.29, 1.82) is 0 Å². The minimum Gasteiger partial charge on any atom is -0.298 e. The summed E-state index contributed by atoms with van der Waals surface area (Å²) < 4.78 is 115. The van der Waals surface area contributed by atoms with E-state index in [9.17, 15) is 44.3 Å². The summed E-state index contributed by atoms with van der Waals surface area (Å²) in [4.78, 5) is 11.9. The first-order valence-electron chi connectivity index (χ1n) is 7.21. The number of benzene rings is 2. The van der Waals surface area contributed by atoms with Gasteiger partial charge in [0.05, 0.1) is 22.4 Å². The maximum atomic E-state index is 12.9. The molecule has 0 aliphatic rings. The second-order valence-corrected chi connectivity index (χ2v) is 5.42. The molecule has 2 rings (SSSR count). The summed E-state index contributed by atoms with van der Waals surface area (Å²) in [6.07, 6.45) is -15.2. The molecule has 0 aromatic heterocycles. The van der Waals surface area contributed by atoms with Gasteiger partial charge in [-0.25, -0.2) is 0 Å². The van der Waals surface area contributed by atoms with Crippen molar-refractivity contribution in [2.24, 2.45) is 0 Å². The summed E-state index contributed by atoms with van der Waals surface area (Å²) >= 11 is 0. The van der Waals surface area contributed by atoms with Crippen LogP contribution in [0.2, 0.25) is 0 Å². The molecular weight excluding hydrogens is 407 g/mol. The minimum atomic E-state index is -5.17. The number of amides is 1. The smallest absolute Gasteiger partial charge is 0.298 e. The van der Waals surface area contributed by atoms with Gasteiger partial charge in [0.2, 0.25) is 0 Å². The van der Waals surface area contributed by atoms with Crippen LogP contribution in [-0.4, -0.2) is 5.91 Å². The molecule has 0 spiro atoms. The zero-order valence-electron chi connectivity index (χ0n) is 13.4. The molecule has 0 radical (unpaired) electrons. The minimum absolute atomic E-state index is 0.155. The van der Waals surface area contributed by atoms with E-state index in [2.05, 4.69) is 0 Å². The van der Waals surface area contributed by atoms with Crippen LogP contribution in [0.15, 0.2) is 42.5 Å². The van der Waals surface area contributed by atoms with Crippen LogP contribution < -0.4 is 10.9 Å². The molecule has 2 aromatic rings. The number of carbonyl (C=O) groups excluding carboxylic acids is 1. The van der Waals surface area contributed by atoms with Crippen LogP contribution in [-0.2, 0) is 18.5 Å². The van der Waals surface area contributed by atoms with Gasteiger partial charge in [-0.3, -0.25) is 15.6 Å². The fraction of sp³-hybridized carbons (Fsp3) is 0.188. The monoisotopic (exact) mass is 416 g/mol. The summed E-state index contributed by atoms with van der Waals surface area (Å²) in [6.45, 7) is 0. The van der Waals surface area contributed by atoms with Gasteiger partial charge in [-0.15, -0.1) is 0 Å². The lowest BCUT2D eigenvalue weighted by atomic mass is 10.0. The SMILES string of the molecule is O=C(NNc1ccccc1C(F)(F)F)c1cc(C(F)(F)F)cc(C(F)(F)F)c1. The molecule has 12 heteroatoms. The molecule has 0 aliphatic carbocycles. The van der Waals surface area contributed by atoms with Gasteiger partial charge in [0.25, 0.3) is 5.91 Å². The Labute approximate surface area is 151 Å². The molecule has 0 aliphatic heterocycles. The molecule has 0 saturated heterocycles. The quantitative estimate of drug-likeness (QED) is 0.513. The topological polar surface area (TPSA) is 41.1 Å². The first-order valence-corrected chi connectivity index (χ1v) is 7.21. The standard InChI is InChI=1S/C16H9F9N2O/c17-14(18,19)9-5-8(6-10(7-9)15(20,21)22)13(28)27-26-12-4-2-1-3-11(12)16(23,24)25/h1-7,26H,(H,27,28). The van der Waals surface area contributed by atoms with E-state index in [0.29, 0.717) is 6.07 Å². The first kappa shape index (κ1) is 21.4. The Balaban J connectivity index is 2.33. The number of anilines is 1. The molecule has 1 amide bonds. The third kappa shape index (κ3) is 5.08. The fourth-order valence-corrected chi connectivity index (χ4v) is 2.12. The van der Waals surface area contributed by atoms with Crippen molar-refractivity contribution in [2.75, 3.05) is 5.43 Å². The van der Waals surface area contributed by atoms with Crippen LogP contribution in [0.25, 0.3) is 0 Å². The summed E-state index contributed by atoms with van der Waals surface area (Å²) in [5.74, 6) is -1.49. The van der Waals surface area contributed by atoms with Gasteiger partial charge in [0, 0.05) is 5.56 Å². The second-order valence-electron chi connectivity index (χ2n) is 5.42. The van der Waals surface area contributed by atoms with E-state index < -0.39 is 52.4 Å². The van der Waals surface area contributed by atoms with Gasteiger partial charge in [-0.05, 0) is 30.3 Å². The molecule has 0 unspecified atom stereocenters. The van der Waals surface area contributed by atoms with Crippen LogP contribution in [0.4, 0.5) is 45.2 Å². The average molecular weight is 416 g/mol. The van der Waals surface area contributed by atoms with Crippen LogP contribution in [0.5, 0.6) is 0 Å². The van der Waals surface area contributed by atoms with Gasteiger partial charge < -0.3 is 0 Å². The molecule has 3 nitrogen and oxygen atoms in total. The number of alkyl halides is 9. The highest BCUT2D eigenvalue weighted by atomic mass is 19.4. The Hall–Kier alpha value is -2.92. The molecule has 0 bridgehead atoms. The lowest BCUT2D eigenvalue weighted by Gasteiger charge is -2.16. The van der Waals surface area contributed by atoms with Crippen molar-refractivity contribution in [1.82, 2.24) is 5.43 Å². The third-order valence-corrected chi connectivity index (χ3v) is 3.39. The highest BCUT2D eigenvalue weighted by Gasteiger charge is 2.37. The Morgan fingerprint density at radius 3 is 1.68 bits per heavy atom. The summed E-state index contributed by atoms with van der Waals surface area (Å²) in [6, 6.07) is 3.94.